The Hall–Kier alpha value is -1.90. The number of benzene rings is 1. The van der Waals surface area contributed by atoms with Gasteiger partial charge >= 0.3 is 0 Å². The van der Waals surface area contributed by atoms with E-state index in [1.165, 1.54) is 7.85 Å². The van der Waals surface area contributed by atoms with Gasteiger partial charge in [-0.15, -0.1) is 0 Å². The van der Waals surface area contributed by atoms with Gasteiger partial charge in [0.15, 0.2) is 14.1 Å². The molecule has 2 atom stereocenters. The lowest BCUT2D eigenvalue weighted by molar-refractivity contribution is 0.190. The number of hydrogen-bond donors (Lipinski definition) is 2. The number of rotatable bonds is 8. The maximum atomic E-state index is 11.3. The van der Waals surface area contributed by atoms with Crippen LogP contribution in [0, 0.1) is 0 Å². The average Bonchev–Trinajstić information content (AvgIpc) is 3.02. The van der Waals surface area contributed by atoms with E-state index in [9.17, 15) is 4.79 Å². The molecule has 0 radical (unpaired) electrons. The van der Waals surface area contributed by atoms with Crippen molar-refractivity contribution in [2.45, 2.75) is 64.4 Å². The van der Waals surface area contributed by atoms with Gasteiger partial charge in [-0.05, 0) is 37.0 Å². The fourth-order valence-electron chi connectivity index (χ4n) is 3.25. The SMILES string of the molecule is BC(=O)NC(CN)Cc1ccc(-c2cn(C)c(C(C)O[Si](C)(C)C(C)(C)C)n2)cc1. The number of carbonyl (C=O) groups is 1. The first-order valence-electron chi connectivity index (χ1n) is 10.6. The van der Waals surface area contributed by atoms with Crippen LogP contribution in [-0.2, 0) is 17.9 Å². The minimum absolute atomic E-state index is 0.0526. The summed E-state index contributed by atoms with van der Waals surface area (Å²) in [6.07, 6.45) is 2.70. The Labute approximate surface area is 183 Å². The molecule has 1 heterocycles. The van der Waals surface area contributed by atoms with E-state index in [0.29, 0.717) is 13.0 Å². The summed E-state index contributed by atoms with van der Waals surface area (Å²) in [5, 5.41) is 3.04. The monoisotopic (exact) mass is 428 g/mol. The van der Waals surface area contributed by atoms with E-state index in [-0.39, 0.29) is 23.0 Å². The van der Waals surface area contributed by atoms with Gasteiger partial charge in [-0.1, -0.05) is 45.0 Å². The lowest BCUT2D eigenvalue weighted by Gasteiger charge is -2.38. The number of aryl methyl sites for hydroxylation is 1. The van der Waals surface area contributed by atoms with Crippen LogP contribution in [-0.4, -0.2) is 44.1 Å². The second-order valence-corrected chi connectivity index (χ2v) is 14.4. The highest BCUT2D eigenvalue weighted by molar-refractivity contribution is 6.74. The first-order chi connectivity index (χ1) is 13.8. The molecule has 8 heteroatoms. The molecule has 0 aliphatic carbocycles. The Morgan fingerprint density at radius 1 is 1.30 bits per heavy atom. The molecule has 0 aliphatic rings. The number of aromatic nitrogens is 2. The lowest BCUT2D eigenvalue weighted by Crippen LogP contribution is -2.41. The molecule has 0 saturated carbocycles. The minimum Gasteiger partial charge on any atom is -0.407 e. The molecule has 1 amide bonds. The van der Waals surface area contributed by atoms with Crippen molar-refractivity contribution in [3.05, 3.63) is 41.9 Å². The van der Waals surface area contributed by atoms with Crippen molar-refractivity contribution < 1.29 is 9.22 Å². The normalized spacial score (nSPS) is 14.4. The van der Waals surface area contributed by atoms with Crippen molar-refractivity contribution in [2.24, 2.45) is 12.8 Å². The third-order valence-corrected chi connectivity index (χ3v) is 10.5. The maximum absolute atomic E-state index is 11.3. The lowest BCUT2D eigenvalue weighted by atomic mass is 10.0. The quantitative estimate of drug-likeness (QED) is 0.632. The smallest absolute Gasteiger partial charge is 0.215 e. The van der Waals surface area contributed by atoms with E-state index in [1.54, 1.807) is 0 Å². The second-order valence-electron chi connectivity index (χ2n) is 9.65. The molecule has 2 rings (SSSR count). The standard InChI is InChI=1S/C22H37BN4O2Si/c1-15(29-30(6,7)22(2,3)4)20-26-19(14-27(20)5)17-10-8-16(9-11-17)12-18(13-24)25-21(23)28/h8-11,14-15,18H,12-13,23-24H2,1-7H3,(H,25,28). The highest BCUT2D eigenvalue weighted by Crippen LogP contribution is 2.39. The third-order valence-electron chi connectivity index (χ3n) is 5.98. The number of hydrogen-bond acceptors (Lipinski definition) is 4. The molecule has 0 saturated heterocycles. The van der Waals surface area contributed by atoms with Crippen molar-refractivity contribution in [1.82, 2.24) is 14.9 Å². The molecule has 6 nitrogen and oxygen atoms in total. The number of imidazole rings is 1. The van der Waals surface area contributed by atoms with E-state index in [1.807, 2.05) is 7.05 Å². The Balaban J connectivity index is 2.15. The molecule has 0 spiro atoms. The number of nitrogens with two attached hydrogens (primary N) is 1. The zero-order chi connectivity index (χ0) is 22.7. The fourth-order valence-corrected chi connectivity index (χ4v) is 4.59. The van der Waals surface area contributed by atoms with Gasteiger partial charge in [0, 0.05) is 31.4 Å². The van der Waals surface area contributed by atoms with Crippen LogP contribution in [0.4, 0.5) is 4.79 Å². The molecular weight excluding hydrogens is 391 g/mol. The molecule has 1 aromatic carbocycles. The van der Waals surface area contributed by atoms with Gasteiger partial charge in [0.2, 0.25) is 7.85 Å². The van der Waals surface area contributed by atoms with Crippen LogP contribution >= 0.6 is 0 Å². The Bertz CT molecular complexity index is 859. The molecule has 0 fully saturated rings. The molecule has 3 N–H and O–H groups in total. The molecule has 1 aromatic heterocycles. The van der Waals surface area contributed by atoms with E-state index in [0.717, 1.165) is 22.6 Å². The summed E-state index contributed by atoms with van der Waals surface area (Å²) in [6.45, 7) is 13.8. The van der Waals surface area contributed by atoms with Crippen LogP contribution in [0.2, 0.25) is 18.1 Å². The molecule has 0 aliphatic heterocycles. The summed E-state index contributed by atoms with van der Waals surface area (Å²) < 4.78 is 8.59. The van der Waals surface area contributed by atoms with Crippen molar-refractivity contribution in [3.8, 4) is 11.3 Å². The predicted molar refractivity (Wildman–Crippen MR) is 129 cm³/mol. The number of nitrogens with one attached hydrogen (secondary N) is 1. The Kier molecular flexibility index (Phi) is 7.71. The summed E-state index contributed by atoms with van der Waals surface area (Å²) in [5.41, 5.74) is 8.90. The molecular formula is C22H37BN4O2Si. The summed E-state index contributed by atoms with van der Waals surface area (Å²) in [4.78, 5) is 16.2. The molecule has 2 unspecified atom stereocenters. The summed E-state index contributed by atoms with van der Waals surface area (Å²) in [6, 6.07) is 8.24. The maximum Gasteiger partial charge on any atom is 0.215 e. The van der Waals surface area contributed by atoms with Gasteiger partial charge in [-0.2, -0.15) is 0 Å². The zero-order valence-electron chi connectivity index (χ0n) is 19.7. The highest BCUT2D eigenvalue weighted by Gasteiger charge is 2.39. The molecule has 0 bridgehead atoms. The van der Waals surface area contributed by atoms with Crippen LogP contribution in [0.15, 0.2) is 30.5 Å². The van der Waals surface area contributed by atoms with Crippen molar-refractivity contribution in [1.29, 1.82) is 0 Å². The molecule has 30 heavy (non-hydrogen) atoms. The van der Waals surface area contributed by atoms with Crippen LogP contribution in [0.1, 0.15) is 45.2 Å². The highest BCUT2D eigenvalue weighted by atomic mass is 28.4. The number of amides is 1. The van der Waals surface area contributed by atoms with Crippen LogP contribution in [0.3, 0.4) is 0 Å². The summed E-state index contributed by atoms with van der Waals surface area (Å²) in [7, 11) is 1.66. The van der Waals surface area contributed by atoms with Gasteiger partial charge in [-0.25, -0.2) is 4.98 Å². The van der Waals surface area contributed by atoms with E-state index >= 15 is 0 Å². The van der Waals surface area contributed by atoms with E-state index < -0.39 is 8.32 Å². The van der Waals surface area contributed by atoms with Crippen LogP contribution in [0.5, 0.6) is 0 Å². The van der Waals surface area contributed by atoms with Gasteiger partial charge in [0.05, 0.1) is 5.69 Å². The largest absolute Gasteiger partial charge is 0.407 e. The minimum atomic E-state index is -1.88. The number of nitrogens with zero attached hydrogens (tertiary/aromatic N) is 2. The zero-order valence-corrected chi connectivity index (χ0v) is 20.7. The Morgan fingerprint density at radius 3 is 2.40 bits per heavy atom. The topological polar surface area (TPSA) is 82.2 Å². The van der Waals surface area contributed by atoms with Gasteiger partial charge < -0.3 is 20.0 Å². The average molecular weight is 428 g/mol. The van der Waals surface area contributed by atoms with Gasteiger partial charge in [-0.3, -0.25) is 4.79 Å². The first kappa shape index (κ1) is 24.4. The third kappa shape index (κ3) is 6.06. The molecule has 164 valence electrons. The van der Waals surface area contributed by atoms with E-state index in [4.69, 9.17) is 15.1 Å². The van der Waals surface area contributed by atoms with Gasteiger partial charge in [0.1, 0.15) is 11.9 Å². The first-order valence-corrected chi connectivity index (χ1v) is 13.5. The van der Waals surface area contributed by atoms with Crippen molar-refractivity contribution >= 4 is 22.0 Å². The molecule has 2 aromatic rings. The predicted octanol–water partition coefficient (Wildman–Crippen LogP) is 3.38. The van der Waals surface area contributed by atoms with Gasteiger partial charge in [0.25, 0.3) is 0 Å². The summed E-state index contributed by atoms with van der Waals surface area (Å²) >= 11 is 0. The second kappa shape index (κ2) is 9.49. The van der Waals surface area contributed by atoms with Crippen LogP contribution < -0.4 is 11.1 Å². The fraction of sp³-hybridized carbons (Fsp3) is 0.545. The number of carbonyl (C=O) groups excluding carboxylic acids is 1. The summed E-state index contributed by atoms with van der Waals surface area (Å²) in [5.74, 6) is 0.880. The Morgan fingerprint density at radius 2 is 1.90 bits per heavy atom. The van der Waals surface area contributed by atoms with Crippen molar-refractivity contribution in [2.75, 3.05) is 6.54 Å². The van der Waals surface area contributed by atoms with E-state index in [2.05, 4.69) is 81.1 Å². The van der Waals surface area contributed by atoms with Crippen LogP contribution in [0.25, 0.3) is 11.3 Å². The van der Waals surface area contributed by atoms with Crippen molar-refractivity contribution in [3.63, 3.8) is 0 Å².